The number of hydrogen-bond donors (Lipinski definition) is 1. The summed E-state index contributed by atoms with van der Waals surface area (Å²) in [6.07, 6.45) is 5.71. The SMILES string of the molecule is CCC(C)(C)[C@H]1CCC(=O)/C(=C/Nc2ccc(I)cc2C)C1. The Kier molecular flexibility index (Phi) is 5.70. The fourth-order valence-corrected chi connectivity index (χ4v) is 3.64. The molecule has 1 N–H and O–H groups in total. The summed E-state index contributed by atoms with van der Waals surface area (Å²) < 4.78 is 1.23. The van der Waals surface area contributed by atoms with Gasteiger partial charge in [0.05, 0.1) is 0 Å². The smallest absolute Gasteiger partial charge is 0.160 e. The van der Waals surface area contributed by atoms with Crippen LogP contribution in [-0.2, 0) is 4.79 Å². The number of aryl methyl sites for hydroxylation is 1. The van der Waals surface area contributed by atoms with Crippen molar-refractivity contribution >= 4 is 34.1 Å². The number of hydrogen-bond acceptors (Lipinski definition) is 2. The first-order chi connectivity index (χ1) is 10.3. The van der Waals surface area contributed by atoms with E-state index in [9.17, 15) is 4.79 Å². The number of carbonyl (C=O) groups excluding carboxylic acids is 1. The van der Waals surface area contributed by atoms with Crippen molar-refractivity contribution in [3.63, 3.8) is 0 Å². The van der Waals surface area contributed by atoms with E-state index in [1.807, 2.05) is 6.20 Å². The molecule has 22 heavy (non-hydrogen) atoms. The van der Waals surface area contributed by atoms with Crippen molar-refractivity contribution in [2.75, 3.05) is 5.32 Å². The molecule has 1 aliphatic rings. The lowest BCUT2D eigenvalue weighted by Gasteiger charge is -2.36. The summed E-state index contributed by atoms with van der Waals surface area (Å²) in [5.41, 5.74) is 3.55. The van der Waals surface area contributed by atoms with Crippen LogP contribution in [-0.4, -0.2) is 5.78 Å². The van der Waals surface area contributed by atoms with Crippen molar-refractivity contribution < 1.29 is 4.79 Å². The molecule has 0 unspecified atom stereocenters. The van der Waals surface area contributed by atoms with Crippen molar-refractivity contribution in [2.24, 2.45) is 11.3 Å². The van der Waals surface area contributed by atoms with Crippen molar-refractivity contribution in [3.8, 4) is 0 Å². The van der Waals surface area contributed by atoms with E-state index in [2.05, 4.69) is 73.8 Å². The average Bonchev–Trinajstić information content (AvgIpc) is 2.47. The number of ketones is 1. The third-order valence-electron chi connectivity index (χ3n) is 5.15. The zero-order chi connectivity index (χ0) is 16.3. The molecule has 0 aliphatic heterocycles. The van der Waals surface area contributed by atoms with Crippen LogP contribution < -0.4 is 5.32 Å². The number of Topliss-reactive ketones (excluding diaryl/α,β-unsaturated/α-hetero) is 1. The summed E-state index contributed by atoms with van der Waals surface area (Å²) >= 11 is 2.32. The Morgan fingerprint density at radius 1 is 1.41 bits per heavy atom. The zero-order valence-corrected chi connectivity index (χ0v) is 16.2. The minimum atomic E-state index is 0.304. The predicted molar refractivity (Wildman–Crippen MR) is 102 cm³/mol. The lowest BCUT2D eigenvalue weighted by molar-refractivity contribution is -0.117. The largest absolute Gasteiger partial charge is 0.361 e. The fraction of sp³-hybridized carbons (Fsp3) is 0.526. The molecule has 2 nitrogen and oxygen atoms in total. The van der Waals surface area contributed by atoms with Gasteiger partial charge >= 0.3 is 0 Å². The van der Waals surface area contributed by atoms with Crippen molar-refractivity contribution in [2.45, 2.75) is 53.4 Å². The topological polar surface area (TPSA) is 29.1 Å². The second-order valence-corrected chi connectivity index (χ2v) is 8.22. The molecule has 120 valence electrons. The summed E-state index contributed by atoms with van der Waals surface area (Å²) in [7, 11) is 0. The minimum absolute atomic E-state index is 0.304. The number of nitrogens with one attached hydrogen (secondary N) is 1. The molecule has 0 spiro atoms. The first kappa shape index (κ1) is 17.5. The maximum absolute atomic E-state index is 12.2. The minimum Gasteiger partial charge on any atom is -0.361 e. The van der Waals surface area contributed by atoms with E-state index in [1.54, 1.807) is 0 Å². The maximum Gasteiger partial charge on any atom is 0.160 e. The van der Waals surface area contributed by atoms with Gasteiger partial charge in [0.15, 0.2) is 5.78 Å². The third-order valence-corrected chi connectivity index (χ3v) is 5.82. The predicted octanol–water partition coefficient (Wildman–Crippen LogP) is 5.70. The van der Waals surface area contributed by atoms with Crippen LogP contribution in [0, 0.1) is 21.8 Å². The molecule has 0 bridgehead atoms. The average molecular weight is 411 g/mol. The van der Waals surface area contributed by atoms with E-state index in [-0.39, 0.29) is 0 Å². The number of halogens is 1. The van der Waals surface area contributed by atoms with E-state index < -0.39 is 0 Å². The second-order valence-electron chi connectivity index (χ2n) is 6.98. The van der Waals surface area contributed by atoms with Gasteiger partial charge in [0.1, 0.15) is 0 Å². The molecule has 0 radical (unpaired) electrons. The van der Waals surface area contributed by atoms with E-state index in [0.717, 1.165) is 30.5 Å². The molecule has 1 aromatic carbocycles. The van der Waals surface area contributed by atoms with Gasteiger partial charge in [-0.2, -0.15) is 0 Å². The van der Waals surface area contributed by atoms with E-state index in [0.29, 0.717) is 23.5 Å². The third kappa shape index (κ3) is 4.12. The molecular weight excluding hydrogens is 385 g/mol. The highest BCUT2D eigenvalue weighted by molar-refractivity contribution is 14.1. The van der Waals surface area contributed by atoms with Gasteiger partial charge < -0.3 is 5.32 Å². The molecule has 1 aromatic rings. The van der Waals surface area contributed by atoms with Crippen molar-refractivity contribution in [1.82, 2.24) is 0 Å². The van der Waals surface area contributed by atoms with E-state index >= 15 is 0 Å². The Morgan fingerprint density at radius 3 is 2.77 bits per heavy atom. The molecule has 0 aromatic heterocycles. The molecule has 0 heterocycles. The molecule has 3 heteroatoms. The lowest BCUT2D eigenvalue weighted by Crippen LogP contribution is -2.29. The Balaban J connectivity index is 2.13. The molecule has 1 aliphatic carbocycles. The molecule has 0 saturated heterocycles. The first-order valence-electron chi connectivity index (χ1n) is 8.08. The van der Waals surface area contributed by atoms with Gasteiger partial charge in [-0.15, -0.1) is 0 Å². The quantitative estimate of drug-likeness (QED) is 0.509. The van der Waals surface area contributed by atoms with Gasteiger partial charge in [-0.05, 0) is 77.5 Å². The fourth-order valence-electron chi connectivity index (χ4n) is 3.00. The molecule has 1 fully saturated rings. The summed E-state index contributed by atoms with van der Waals surface area (Å²) in [5.74, 6) is 0.903. The van der Waals surface area contributed by atoms with Gasteiger partial charge in [0.2, 0.25) is 0 Å². The van der Waals surface area contributed by atoms with Crippen molar-refractivity contribution in [1.29, 1.82) is 0 Å². The van der Waals surface area contributed by atoms with Crippen LogP contribution in [0.4, 0.5) is 5.69 Å². The summed E-state index contributed by atoms with van der Waals surface area (Å²) in [5, 5.41) is 3.34. The standard InChI is InChI=1S/C19H26INO/c1-5-19(3,4)15-6-9-18(22)14(11-15)12-21-17-8-7-16(20)10-13(17)2/h7-8,10,12,15,21H,5-6,9,11H2,1-4H3/b14-12+/t15-/m0/s1. The van der Waals surface area contributed by atoms with E-state index in [1.165, 1.54) is 9.13 Å². The number of anilines is 1. The van der Waals surface area contributed by atoms with Gasteiger partial charge in [0.25, 0.3) is 0 Å². The molecule has 2 rings (SSSR count). The first-order valence-corrected chi connectivity index (χ1v) is 9.16. The molecular formula is C19H26INO. The number of rotatable bonds is 4. The van der Waals surface area contributed by atoms with Crippen LogP contribution in [0.1, 0.15) is 52.0 Å². The Morgan fingerprint density at radius 2 is 2.14 bits per heavy atom. The van der Waals surface area contributed by atoms with Crippen LogP contribution in [0.15, 0.2) is 30.0 Å². The lowest BCUT2D eigenvalue weighted by atomic mass is 9.68. The van der Waals surface area contributed by atoms with Crippen LogP contribution in [0.2, 0.25) is 0 Å². The highest BCUT2D eigenvalue weighted by atomic mass is 127. The summed E-state index contributed by atoms with van der Waals surface area (Å²) in [6, 6.07) is 6.31. The van der Waals surface area contributed by atoms with Gasteiger partial charge in [0, 0.05) is 27.5 Å². The monoisotopic (exact) mass is 411 g/mol. The van der Waals surface area contributed by atoms with Crippen LogP contribution in [0.25, 0.3) is 0 Å². The van der Waals surface area contributed by atoms with Crippen LogP contribution in [0.5, 0.6) is 0 Å². The van der Waals surface area contributed by atoms with Crippen molar-refractivity contribution in [3.05, 3.63) is 39.1 Å². The maximum atomic E-state index is 12.2. The van der Waals surface area contributed by atoms with Gasteiger partial charge in [-0.1, -0.05) is 27.2 Å². The zero-order valence-electron chi connectivity index (χ0n) is 14.0. The molecule has 1 saturated carbocycles. The number of allylic oxidation sites excluding steroid dienone is 1. The normalized spacial score (nSPS) is 21.2. The highest BCUT2D eigenvalue weighted by Gasteiger charge is 2.33. The van der Waals surface area contributed by atoms with E-state index in [4.69, 9.17) is 0 Å². The van der Waals surface area contributed by atoms with Gasteiger partial charge in [-0.3, -0.25) is 4.79 Å². The molecule has 0 amide bonds. The molecule has 1 atom stereocenters. The summed E-state index contributed by atoms with van der Waals surface area (Å²) in [4.78, 5) is 12.2. The van der Waals surface area contributed by atoms with Crippen LogP contribution >= 0.6 is 22.6 Å². The Bertz CT molecular complexity index is 589. The Hall–Kier alpha value is -0.840. The van der Waals surface area contributed by atoms with Gasteiger partial charge in [-0.25, -0.2) is 0 Å². The Labute approximate surface area is 147 Å². The second kappa shape index (κ2) is 7.16. The highest BCUT2D eigenvalue weighted by Crippen LogP contribution is 2.41. The summed E-state index contributed by atoms with van der Waals surface area (Å²) in [6.45, 7) is 8.98. The van der Waals surface area contributed by atoms with Crippen LogP contribution in [0.3, 0.4) is 0 Å². The number of benzene rings is 1. The number of carbonyl (C=O) groups is 1.